The number of likely N-dealkylation sites (N-methyl/N-ethyl adjacent to an activating group) is 1. The molecule has 2 saturated heterocycles. The molecule has 0 aliphatic carbocycles. The summed E-state index contributed by atoms with van der Waals surface area (Å²) in [6, 6.07) is 6.90. The number of carbonyl (C=O) groups is 2. The van der Waals surface area contributed by atoms with Gasteiger partial charge in [-0.05, 0) is 31.3 Å². The van der Waals surface area contributed by atoms with Gasteiger partial charge in [-0.2, -0.15) is 0 Å². The second kappa shape index (κ2) is 7.71. The van der Waals surface area contributed by atoms with Gasteiger partial charge in [0.15, 0.2) is 0 Å². The number of rotatable bonds is 4. The van der Waals surface area contributed by atoms with E-state index in [2.05, 4.69) is 22.7 Å². The first kappa shape index (κ1) is 17.5. The molecule has 0 spiro atoms. The molecule has 1 aromatic carbocycles. The van der Waals surface area contributed by atoms with E-state index >= 15 is 0 Å². The Morgan fingerprint density at radius 2 is 1.84 bits per heavy atom. The van der Waals surface area contributed by atoms with Gasteiger partial charge in [-0.1, -0.05) is 0 Å². The minimum atomic E-state index is -0.251. The van der Waals surface area contributed by atoms with Crippen molar-refractivity contribution in [3.05, 3.63) is 24.3 Å². The van der Waals surface area contributed by atoms with Gasteiger partial charge in [0, 0.05) is 44.8 Å². The Balaban J connectivity index is 1.50. The molecule has 2 fully saturated rings. The maximum absolute atomic E-state index is 12.3. The van der Waals surface area contributed by atoms with Crippen LogP contribution in [0.1, 0.15) is 6.42 Å². The van der Waals surface area contributed by atoms with Crippen molar-refractivity contribution >= 4 is 17.6 Å². The largest absolute Gasteiger partial charge is 0.497 e. The van der Waals surface area contributed by atoms with Crippen LogP contribution in [-0.4, -0.2) is 74.8 Å². The Bertz CT molecular complexity index is 613. The third kappa shape index (κ3) is 4.40. The summed E-state index contributed by atoms with van der Waals surface area (Å²) in [6.07, 6.45) is 0.308. The summed E-state index contributed by atoms with van der Waals surface area (Å²) >= 11 is 0. The number of urea groups is 1. The summed E-state index contributed by atoms with van der Waals surface area (Å²) in [5.74, 6) is 0.756. The number of carbonyl (C=O) groups excluding carboxylic acids is 2. The number of hydrazine groups is 1. The maximum atomic E-state index is 12.3. The zero-order chi connectivity index (χ0) is 17.8. The molecule has 136 valence electrons. The Labute approximate surface area is 147 Å². The average molecular weight is 347 g/mol. The summed E-state index contributed by atoms with van der Waals surface area (Å²) in [5, 5.41) is 4.81. The highest BCUT2D eigenvalue weighted by molar-refractivity contribution is 5.96. The fourth-order valence-electron chi connectivity index (χ4n) is 3.10. The van der Waals surface area contributed by atoms with E-state index < -0.39 is 0 Å². The van der Waals surface area contributed by atoms with Crippen molar-refractivity contribution in [1.82, 2.24) is 20.7 Å². The highest BCUT2D eigenvalue weighted by Crippen LogP contribution is 2.24. The molecule has 2 aliphatic rings. The molecule has 0 bridgehead atoms. The lowest BCUT2D eigenvalue weighted by molar-refractivity contribution is -0.117. The van der Waals surface area contributed by atoms with Crippen molar-refractivity contribution in [2.75, 3.05) is 51.8 Å². The highest BCUT2D eigenvalue weighted by Gasteiger charge is 2.32. The van der Waals surface area contributed by atoms with E-state index in [0.717, 1.165) is 37.6 Å². The van der Waals surface area contributed by atoms with E-state index in [-0.39, 0.29) is 18.0 Å². The van der Waals surface area contributed by atoms with E-state index in [4.69, 9.17) is 4.74 Å². The third-order valence-corrected chi connectivity index (χ3v) is 4.61. The van der Waals surface area contributed by atoms with Gasteiger partial charge in [0.2, 0.25) is 5.91 Å². The third-order valence-electron chi connectivity index (χ3n) is 4.61. The Hall–Kier alpha value is -2.32. The van der Waals surface area contributed by atoms with Crippen molar-refractivity contribution in [3.63, 3.8) is 0 Å². The standard InChI is InChI=1S/C17H25N5O3/c1-20-7-9-21(10-8-20)19-17(24)18-13-11-16(23)22(12-13)14-3-5-15(25-2)6-4-14/h3-6,13H,7-12H2,1-2H3,(H2,18,19,24)/t13-/m0/s1. The van der Waals surface area contributed by atoms with Gasteiger partial charge in [0.05, 0.1) is 13.2 Å². The number of ether oxygens (including phenoxy) is 1. The molecular weight excluding hydrogens is 322 g/mol. The van der Waals surface area contributed by atoms with Crippen LogP contribution in [0.25, 0.3) is 0 Å². The quantitative estimate of drug-likeness (QED) is 0.817. The van der Waals surface area contributed by atoms with Crippen LogP contribution in [0.4, 0.5) is 10.5 Å². The predicted molar refractivity (Wildman–Crippen MR) is 94.5 cm³/mol. The molecule has 0 unspecified atom stereocenters. The minimum absolute atomic E-state index is 0.00932. The number of methoxy groups -OCH3 is 1. The Morgan fingerprint density at radius 3 is 2.48 bits per heavy atom. The number of piperazine rings is 1. The molecule has 0 aromatic heterocycles. The van der Waals surface area contributed by atoms with Crippen molar-refractivity contribution in [2.24, 2.45) is 0 Å². The van der Waals surface area contributed by atoms with Crippen LogP contribution in [0.5, 0.6) is 5.75 Å². The van der Waals surface area contributed by atoms with Gasteiger partial charge < -0.3 is 19.9 Å². The number of nitrogens with zero attached hydrogens (tertiary/aromatic N) is 3. The molecular formula is C17H25N5O3. The Morgan fingerprint density at radius 1 is 1.16 bits per heavy atom. The normalized spacial score (nSPS) is 22.1. The second-order valence-corrected chi connectivity index (χ2v) is 6.48. The summed E-state index contributed by atoms with van der Waals surface area (Å²) in [7, 11) is 3.67. The zero-order valence-electron chi connectivity index (χ0n) is 14.7. The van der Waals surface area contributed by atoms with E-state index in [9.17, 15) is 9.59 Å². The predicted octanol–water partition coefficient (Wildman–Crippen LogP) is 0.262. The van der Waals surface area contributed by atoms with Crippen LogP contribution in [-0.2, 0) is 4.79 Å². The molecule has 0 saturated carbocycles. The first-order chi connectivity index (χ1) is 12.0. The van der Waals surface area contributed by atoms with Gasteiger partial charge in [-0.15, -0.1) is 0 Å². The van der Waals surface area contributed by atoms with Gasteiger partial charge in [0.1, 0.15) is 5.75 Å². The van der Waals surface area contributed by atoms with Crippen molar-refractivity contribution < 1.29 is 14.3 Å². The average Bonchev–Trinajstić information content (AvgIpc) is 2.97. The second-order valence-electron chi connectivity index (χ2n) is 6.48. The van der Waals surface area contributed by atoms with Gasteiger partial charge in [-0.25, -0.2) is 9.80 Å². The fourth-order valence-corrected chi connectivity index (χ4v) is 3.10. The first-order valence-corrected chi connectivity index (χ1v) is 8.50. The molecule has 1 atom stereocenters. The smallest absolute Gasteiger partial charge is 0.329 e. The molecule has 25 heavy (non-hydrogen) atoms. The molecule has 2 aliphatic heterocycles. The zero-order valence-corrected chi connectivity index (χ0v) is 14.7. The SMILES string of the molecule is COc1ccc(N2C[C@@H](NC(=O)NN3CCN(C)CC3)CC2=O)cc1. The number of nitrogens with one attached hydrogen (secondary N) is 2. The van der Waals surface area contributed by atoms with Crippen LogP contribution in [0.3, 0.4) is 0 Å². The van der Waals surface area contributed by atoms with Gasteiger partial charge in [0.25, 0.3) is 0 Å². The number of anilines is 1. The van der Waals surface area contributed by atoms with Crippen LogP contribution in [0, 0.1) is 0 Å². The minimum Gasteiger partial charge on any atom is -0.497 e. The summed E-state index contributed by atoms with van der Waals surface area (Å²) in [6.45, 7) is 3.92. The van der Waals surface area contributed by atoms with Gasteiger partial charge >= 0.3 is 6.03 Å². The summed E-state index contributed by atoms with van der Waals surface area (Å²) < 4.78 is 5.13. The maximum Gasteiger partial charge on any atom is 0.329 e. The lowest BCUT2D eigenvalue weighted by atomic mass is 10.2. The molecule has 2 heterocycles. The molecule has 8 heteroatoms. The Kier molecular flexibility index (Phi) is 5.40. The van der Waals surface area contributed by atoms with E-state index in [1.807, 2.05) is 29.3 Å². The van der Waals surface area contributed by atoms with Crippen LogP contribution in [0.15, 0.2) is 24.3 Å². The van der Waals surface area contributed by atoms with Crippen LogP contribution >= 0.6 is 0 Å². The summed E-state index contributed by atoms with van der Waals surface area (Å²) in [4.78, 5) is 28.3. The van der Waals surface area contributed by atoms with E-state index in [0.29, 0.717) is 13.0 Å². The molecule has 8 nitrogen and oxygen atoms in total. The molecule has 1 aromatic rings. The van der Waals surface area contributed by atoms with Crippen molar-refractivity contribution in [1.29, 1.82) is 0 Å². The lowest BCUT2D eigenvalue weighted by Crippen LogP contribution is -2.56. The lowest BCUT2D eigenvalue weighted by Gasteiger charge is -2.32. The topological polar surface area (TPSA) is 77.2 Å². The van der Waals surface area contributed by atoms with Crippen molar-refractivity contribution in [3.8, 4) is 5.75 Å². The van der Waals surface area contributed by atoms with E-state index in [1.54, 1.807) is 12.0 Å². The molecule has 0 radical (unpaired) electrons. The van der Waals surface area contributed by atoms with Gasteiger partial charge in [-0.3, -0.25) is 10.2 Å². The molecule has 2 N–H and O–H groups in total. The monoisotopic (exact) mass is 347 g/mol. The first-order valence-electron chi connectivity index (χ1n) is 8.50. The summed E-state index contributed by atoms with van der Waals surface area (Å²) in [5.41, 5.74) is 3.68. The van der Waals surface area contributed by atoms with Crippen molar-refractivity contribution in [2.45, 2.75) is 12.5 Å². The van der Waals surface area contributed by atoms with Crippen LogP contribution < -0.4 is 20.4 Å². The number of benzene rings is 1. The molecule has 3 amide bonds. The molecule has 3 rings (SSSR count). The van der Waals surface area contributed by atoms with Crippen LogP contribution in [0.2, 0.25) is 0 Å². The fraction of sp³-hybridized carbons (Fsp3) is 0.529. The number of amides is 3. The number of hydrogen-bond acceptors (Lipinski definition) is 5. The highest BCUT2D eigenvalue weighted by atomic mass is 16.5. The van der Waals surface area contributed by atoms with E-state index in [1.165, 1.54) is 0 Å². The number of hydrogen-bond donors (Lipinski definition) is 2.